The summed E-state index contributed by atoms with van der Waals surface area (Å²) >= 11 is 3.06. The highest BCUT2D eigenvalue weighted by Gasteiger charge is 2.03. The lowest BCUT2D eigenvalue weighted by atomic mass is 10.3. The van der Waals surface area contributed by atoms with Gasteiger partial charge in [0.25, 0.3) is 0 Å². The first kappa shape index (κ1) is 6.79. The van der Waals surface area contributed by atoms with E-state index in [4.69, 9.17) is 4.52 Å². The SMILES string of the molecule is Fc1cc2oncc2cc1Br. The molecule has 2 nitrogen and oxygen atoms in total. The number of fused-ring (bicyclic) bond motifs is 1. The molecule has 0 aliphatic rings. The van der Waals surface area contributed by atoms with Gasteiger partial charge in [-0.3, -0.25) is 0 Å². The average Bonchev–Trinajstić information content (AvgIpc) is 2.36. The van der Waals surface area contributed by atoms with E-state index in [1.165, 1.54) is 6.07 Å². The molecule has 0 N–H and O–H groups in total. The molecule has 0 saturated carbocycles. The standard InChI is InChI=1S/C7H3BrFNO/c8-5-1-4-3-10-11-7(4)2-6(5)9/h1-3H. The van der Waals surface area contributed by atoms with Crippen molar-refractivity contribution >= 4 is 26.9 Å². The first-order valence-corrected chi connectivity index (χ1v) is 3.76. The highest BCUT2D eigenvalue weighted by Crippen LogP contribution is 2.22. The second-order valence-corrected chi connectivity index (χ2v) is 2.98. The minimum Gasteiger partial charge on any atom is -0.356 e. The third-order valence-electron chi connectivity index (χ3n) is 1.40. The van der Waals surface area contributed by atoms with Crippen molar-refractivity contribution < 1.29 is 8.91 Å². The van der Waals surface area contributed by atoms with Crippen molar-refractivity contribution in [3.63, 3.8) is 0 Å². The van der Waals surface area contributed by atoms with E-state index in [0.29, 0.717) is 10.1 Å². The van der Waals surface area contributed by atoms with Crippen molar-refractivity contribution in [2.75, 3.05) is 0 Å². The summed E-state index contributed by atoms with van der Waals surface area (Å²) in [6.45, 7) is 0. The first-order valence-electron chi connectivity index (χ1n) is 2.97. The van der Waals surface area contributed by atoms with Gasteiger partial charge in [-0.25, -0.2) is 4.39 Å². The minimum atomic E-state index is -0.339. The lowest BCUT2D eigenvalue weighted by Crippen LogP contribution is -1.74. The summed E-state index contributed by atoms with van der Waals surface area (Å²) in [7, 11) is 0. The van der Waals surface area contributed by atoms with Crippen LogP contribution in [0.25, 0.3) is 11.0 Å². The van der Waals surface area contributed by atoms with E-state index >= 15 is 0 Å². The fourth-order valence-electron chi connectivity index (χ4n) is 0.864. The highest BCUT2D eigenvalue weighted by atomic mass is 79.9. The molecule has 0 atom stereocenters. The predicted octanol–water partition coefficient (Wildman–Crippen LogP) is 2.73. The van der Waals surface area contributed by atoms with E-state index < -0.39 is 0 Å². The van der Waals surface area contributed by atoms with Crippen LogP contribution in [0.3, 0.4) is 0 Å². The van der Waals surface area contributed by atoms with Crippen LogP contribution in [0.15, 0.2) is 27.3 Å². The summed E-state index contributed by atoms with van der Waals surface area (Å²) < 4.78 is 18.0. The molecule has 2 rings (SSSR count). The lowest BCUT2D eigenvalue weighted by Gasteiger charge is -1.90. The molecule has 1 aromatic carbocycles. The van der Waals surface area contributed by atoms with Crippen molar-refractivity contribution in [2.45, 2.75) is 0 Å². The molecule has 0 aliphatic carbocycles. The second-order valence-electron chi connectivity index (χ2n) is 2.13. The van der Waals surface area contributed by atoms with Crippen molar-refractivity contribution in [2.24, 2.45) is 0 Å². The third kappa shape index (κ3) is 1.03. The molecule has 0 amide bonds. The Labute approximate surface area is 70.1 Å². The molecule has 0 radical (unpaired) electrons. The Morgan fingerprint density at radius 1 is 1.45 bits per heavy atom. The fourth-order valence-corrected chi connectivity index (χ4v) is 1.22. The van der Waals surface area contributed by atoms with Crippen LogP contribution in [0.5, 0.6) is 0 Å². The van der Waals surface area contributed by atoms with Gasteiger partial charge in [0.05, 0.1) is 10.7 Å². The molecular weight excluding hydrogens is 213 g/mol. The molecule has 1 aromatic heterocycles. The summed E-state index contributed by atoms with van der Waals surface area (Å²) in [5.74, 6) is -0.339. The van der Waals surface area contributed by atoms with Crippen LogP contribution >= 0.6 is 15.9 Å². The Morgan fingerprint density at radius 2 is 2.27 bits per heavy atom. The van der Waals surface area contributed by atoms with E-state index in [-0.39, 0.29) is 5.82 Å². The van der Waals surface area contributed by atoms with E-state index in [1.54, 1.807) is 12.3 Å². The van der Waals surface area contributed by atoms with Crippen molar-refractivity contribution in [1.82, 2.24) is 5.16 Å². The summed E-state index contributed by atoms with van der Waals surface area (Å²) in [4.78, 5) is 0. The van der Waals surface area contributed by atoms with Gasteiger partial charge in [0.1, 0.15) is 5.82 Å². The lowest BCUT2D eigenvalue weighted by molar-refractivity contribution is 0.454. The van der Waals surface area contributed by atoms with Gasteiger partial charge >= 0.3 is 0 Å². The van der Waals surface area contributed by atoms with Gasteiger partial charge in [-0.15, -0.1) is 0 Å². The van der Waals surface area contributed by atoms with Gasteiger partial charge in [-0.05, 0) is 22.0 Å². The highest BCUT2D eigenvalue weighted by molar-refractivity contribution is 9.10. The molecule has 0 spiro atoms. The van der Waals surface area contributed by atoms with Crippen molar-refractivity contribution in [3.05, 3.63) is 28.6 Å². The number of benzene rings is 1. The molecule has 0 unspecified atom stereocenters. The third-order valence-corrected chi connectivity index (χ3v) is 2.00. The summed E-state index contributed by atoms with van der Waals surface area (Å²) in [5.41, 5.74) is 0.464. The molecule has 0 saturated heterocycles. The quantitative estimate of drug-likeness (QED) is 0.676. The first-order chi connectivity index (χ1) is 5.27. The zero-order valence-electron chi connectivity index (χ0n) is 5.34. The van der Waals surface area contributed by atoms with E-state index in [1.807, 2.05) is 0 Å². The van der Waals surface area contributed by atoms with Crippen LogP contribution in [0.1, 0.15) is 0 Å². The van der Waals surface area contributed by atoms with Gasteiger partial charge in [0.2, 0.25) is 0 Å². The van der Waals surface area contributed by atoms with E-state index in [9.17, 15) is 4.39 Å². The van der Waals surface area contributed by atoms with Crippen LogP contribution in [0, 0.1) is 5.82 Å². The van der Waals surface area contributed by atoms with E-state index in [0.717, 1.165) is 5.39 Å². The maximum absolute atomic E-state index is 12.8. The topological polar surface area (TPSA) is 26.0 Å². The van der Waals surface area contributed by atoms with Crippen LogP contribution in [0.2, 0.25) is 0 Å². The number of hydrogen-bond acceptors (Lipinski definition) is 2. The molecule has 0 aliphatic heterocycles. The predicted molar refractivity (Wildman–Crippen MR) is 41.7 cm³/mol. The van der Waals surface area contributed by atoms with Gasteiger partial charge in [-0.1, -0.05) is 5.16 Å². The number of rotatable bonds is 0. The zero-order valence-corrected chi connectivity index (χ0v) is 6.93. The van der Waals surface area contributed by atoms with Gasteiger partial charge in [-0.2, -0.15) is 0 Å². The largest absolute Gasteiger partial charge is 0.356 e. The number of aromatic nitrogens is 1. The maximum Gasteiger partial charge on any atom is 0.169 e. The summed E-state index contributed by atoms with van der Waals surface area (Å²) in [6, 6.07) is 2.92. The van der Waals surface area contributed by atoms with Gasteiger partial charge in [0.15, 0.2) is 5.58 Å². The molecule has 1 heterocycles. The number of nitrogens with zero attached hydrogens (tertiary/aromatic N) is 1. The molecular formula is C7H3BrFNO. The smallest absolute Gasteiger partial charge is 0.169 e. The average molecular weight is 216 g/mol. The molecule has 2 aromatic rings. The van der Waals surface area contributed by atoms with Crippen LogP contribution in [0.4, 0.5) is 4.39 Å². The monoisotopic (exact) mass is 215 g/mol. The number of hydrogen-bond donors (Lipinski definition) is 0. The van der Waals surface area contributed by atoms with Crippen LogP contribution < -0.4 is 0 Å². The van der Waals surface area contributed by atoms with Crippen LogP contribution in [-0.2, 0) is 0 Å². The second kappa shape index (κ2) is 2.30. The van der Waals surface area contributed by atoms with Gasteiger partial charge in [0, 0.05) is 11.5 Å². The Bertz CT molecular complexity index is 362. The zero-order chi connectivity index (χ0) is 7.84. The number of halogens is 2. The van der Waals surface area contributed by atoms with Crippen molar-refractivity contribution in [1.29, 1.82) is 0 Å². The molecule has 56 valence electrons. The molecule has 0 fully saturated rings. The Kier molecular flexibility index (Phi) is 1.42. The maximum atomic E-state index is 12.8. The van der Waals surface area contributed by atoms with E-state index in [2.05, 4.69) is 21.1 Å². The minimum absolute atomic E-state index is 0.339. The van der Waals surface area contributed by atoms with Crippen LogP contribution in [-0.4, -0.2) is 5.16 Å². The Morgan fingerprint density at radius 3 is 3.09 bits per heavy atom. The Hall–Kier alpha value is -0.900. The van der Waals surface area contributed by atoms with Crippen molar-refractivity contribution in [3.8, 4) is 0 Å². The molecule has 4 heteroatoms. The van der Waals surface area contributed by atoms with Gasteiger partial charge < -0.3 is 4.52 Å². The fraction of sp³-hybridized carbons (Fsp3) is 0. The molecule has 11 heavy (non-hydrogen) atoms. The Balaban J connectivity index is 2.86. The molecule has 0 bridgehead atoms. The summed E-state index contributed by atoms with van der Waals surface area (Å²) in [5, 5.41) is 4.31. The summed E-state index contributed by atoms with van der Waals surface area (Å²) in [6.07, 6.45) is 1.54. The normalized spacial score (nSPS) is 10.7.